The SMILES string of the molecule is O=C(NC1CC1)c1cccc(C(=O)N2CCCCCC2)c1. The van der Waals surface area contributed by atoms with Crippen molar-refractivity contribution in [2.75, 3.05) is 13.1 Å². The average molecular weight is 286 g/mol. The molecule has 1 aromatic rings. The van der Waals surface area contributed by atoms with Gasteiger partial charge in [-0.05, 0) is 43.9 Å². The van der Waals surface area contributed by atoms with E-state index in [1.54, 1.807) is 24.3 Å². The summed E-state index contributed by atoms with van der Waals surface area (Å²) in [6.45, 7) is 1.66. The van der Waals surface area contributed by atoms with Gasteiger partial charge in [0.05, 0.1) is 0 Å². The second-order valence-corrected chi connectivity index (χ2v) is 6.03. The van der Waals surface area contributed by atoms with Crippen LogP contribution in [0.1, 0.15) is 59.2 Å². The molecular formula is C17H22N2O2. The third-order valence-electron chi connectivity index (χ3n) is 4.18. The lowest BCUT2D eigenvalue weighted by molar-refractivity contribution is 0.0761. The standard InChI is InChI=1S/C17H22N2O2/c20-16(18-15-8-9-15)13-6-5-7-14(12-13)17(21)19-10-3-1-2-4-11-19/h5-7,12,15H,1-4,8-11H2,(H,18,20). The van der Waals surface area contributed by atoms with E-state index < -0.39 is 0 Å². The molecule has 4 heteroatoms. The van der Waals surface area contributed by atoms with Crippen molar-refractivity contribution in [1.29, 1.82) is 0 Å². The number of amides is 2. The van der Waals surface area contributed by atoms with Crippen LogP contribution in [0.15, 0.2) is 24.3 Å². The Morgan fingerprint density at radius 3 is 2.33 bits per heavy atom. The molecule has 2 aliphatic rings. The molecule has 1 saturated heterocycles. The van der Waals surface area contributed by atoms with Crippen LogP contribution in [0.25, 0.3) is 0 Å². The van der Waals surface area contributed by atoms with E-state index in [4.69, 9.17) is 0 Å². The molecule has 3 rings (SSSR count). The Labute approximate surface area is 125 Å². The van der Waals surface area contributed by atoms with Gasteiger partial charge < -0.3 is 10.2 Å². The molecular weight excluding hydrogens is 264 g/mol. The summed E-state index contributed by atoms with van der Waals surface area (Å²) in [6, 6.07) is 7.44. The predicted molar refractivity (Wildman–Crippen MR) is 81.3 cm³/mol. The Kier molecular flexibility index (Phi) is 4.23. The lowest BCUT2D eigenvalue weighted by Crippen LogP contribution is -2.32. The van der Waals surface area contributed by atoms with Crippen molar-refractivity contribution in [2.24, 2.45) is 0 Å². The Bertz CT molecular complexity index is 529. The molecule has 0 unspecified atom stereocenters. The van der Waals surface area contributed by atoms with Crippen LogP contribution in [0.4, 0.5) is 0 Å². The molecule has 0 aromatic heterocycles. The van der Waals surface area contributed by atoms with Gasteiger partial charge in [-0.3, -0.25) is 9.59 Å². The monoisotopic (exact) mass is 286 g/mol. The third kappa shape index (κ3) is 3.63. The Hall–Kier alpha value is -1.84. The lowest BCUT2D eigenvalue weighted by Gasteiger charge is -2.20. The molecule has 4 nitrogen and oxygen atoms in total. The van der Waals surface area contributed by atoms with Gasteiger partial charge in [0.2, 0.25) is 0 Å². The minimum Gasteiger partial charge on any atom is -0.349 e. The average Bonchev–Trinajstić information content (AvgIpc) is 3.33. The van der Waals surface area contributed by atoms with Crippen molar-refractivity contribution in [2.45, 2.75) is 44.6 Å². The maximum atomic E-state index is 12.6. The van der Waals surface area contributed by atoms with E-state index in [1.165, 1.54) is 12.8 Å². The Balaban J connectivity index is 1.71. The molecule has 0 bridgehead atoms. The molecule has 21 heavy (non-hydrogen) atoms. The third-order valence-corrected chi connectivity index (χ3v) is 4.18. The first kappa shape index (κ1) is 14.1. The van der Waals surface area contributed by atoms with Crippen molar-refractivity contribution < 1.29 is 9.59 Å². The second kappa shape index (κ2) is 6.29. The maximum absolute atomic E-state index is 12.6. The van der Waals surface area contributed by atoms with Crippen molar-refractivity contribution >= 4 is 11.8 Å². The molecule has 1 saturated carbocycles. The van der Waals surface area contributed by atoms with Crippen LogP contribution in [0.5, 0.6) is 0 Å². The highest BCUT2D eigenvalue weighted by molar-refractivity contribution is 5.99. The highest BCUT2D eigenvalue weighted by Crippen LogP contribution is 2.20. The number of benzene rings is 1. The first-order chi connectivity index (χ1) is 10.2. The number of carbonyl (C=O) groups excluding carboxylic acids is 2. The summed E-state index contributed by atoms with van der Waals surface area (Å²) < 4.78 is 0. The molecule has 1 aliphatic carbocycles. The van der Waals surface area contributed by atoms with Crippen LogP contribution in [0.2, 0.25) is 0 Å². The zero-order valence-electron chi connectivity index (χ0n) is 12.3. The lowest BCUT2D eigenvalue weighted by atomic mass is 10.1. The fraction of sp³-hybridized carbons (Fsp3) is 0.529. The van der Waals surface area contributed by atoms with Gasteiger partial charge in [0.1, 0.15) is 0 Å². The van der Waals surface area contributed by atoms with Gasteiger partial charge in [-0.2, -0.15) is 0 Å². The number of carbonyl (C=O) groups is 2. The second-order valence-electron chi connectivity index (χ2n) is 6.03. The molecule has 2 amide bonds. The summed E-state index contributed by atoms with van der Waals surface area (Å²) >= 11 is 0. The van der Waals surface area contributed by atoms with Gasteiger partial charge >= 0.3 is 0 Å². The normalized spacial score (nSPS) is 19.0. The predicted octanol–water partition coefficient (Wildman–Crippen LogP) is 2.60. The zero-order chi connectivity index (χ0) is 14.7. The van der Waals surface area contributed by atoms with Crippen molar-refractivity contribution in [3.05, 3.63) is 35.4 Å². The van der Waals surface area contributed by atoms with E-state index in [2.05, 4.69) is 5.32 Å². The van der Waals surface area contributed by atoms with Crippen molar-refractivity contribution in [3.8, 4) is 0 Å². The summed E-state index contributed by atoms with van der Waals surface area (Å²) in [7, 11) is 0. The molecule has 0 spiro atoms. The van der Waals surface area contributed by atoms with E-state index in [-0.39, 0.29) is 11.8 Å². The number of likely N-dealkylation sites (tertiary alicyclic amines) is 1. The summed E-state index contributed by atoms with van der Waals surface area (Å²) in [6.07, 6.45) is 6.69. The zero-order valence-corrected chi connectivity index (χ0v) is 12.3. The van der Waals surface area contributed by atoms with Crippen molar-refractivity contribution in [3.63, 3.8) is 0 Å². The van der Waals surface area contributed by atoms with Gasteiger partial charge in [0.25, 0.3) is 11.8 Å². The van der Waals surface area contributed by atoms with E-state index >= 15 is 0 Å². The van der Waals surface area contributed by atoms with Crippen LogP contribution in [-0.4, -0.2) is 35.8 Å². The van der Waals surface area contributed by atoms with E-state index in [9.17, 15) is 9.59 Å². The maximum Gasteiger partial charge on any atom is 0.253 e. The minimum absolute atomic E-state index is 0.0537. The van der Waals surface area contributed by atoms with Crippen LogP contribution in [0.3, 0.4) is 0 Å². The summed E-state index contributed by atoms with van der Waals surface area (Å²) in [5.41, 5.74) is 1.21. The first-order valence-electron chi connectivity index (χ1n) is 7.94. The van der Waals surface area contributed by atoms with E-state index in [0.29, 0.717) is 17.2 Å². The number of hydrogen-bond donors (Lipinski definition) is 1. The van der Waals surface area contributed by atoms with Crippen LogP contribution < -0.4 is 5.32 Å². The smallest absolute Gasteiger partial charge is 0.253 e. The quantitative estimate of drug-likeness (QED) is 0.928. The molecule has 0 radical (unpaired) electrons. The van der Waals surface area contributed by atoms with Crippen LogP contribution in [0, 0.1) is 0 Å². The van der Waals surface area contributed by atoms with Gasteiger partial charge in [0.15, 0.2) is 0 Å². The molecule has 112 valence electrons. The Morgan fingerprint density at radius 2 is 1.67 bits per heavy atom. The Morgan fingerprint density at radius 1 is 1.00 bits per heavy atom. The molecule has 2 fully saturated rings. The first-order valence-corrected chi connectivity index (χ1v) is 7.94. The van der Waals surface area contributed by atoms with E-state index in [1.807, 2.05) is 4.90 Å². The molecule has 1 aromatic carbocycles. The number of nitrogens with zero attached hydrogens (tertiary/aromatic N) is 1. The largest absolute Gasteiger partial charge is 0.349 e. The summed E-state index contributed by atoms with van der Waals surface area (Å²) in [5.74, 6) is -0.0130. The molecule has 1 N–H and O–H groups in total. The number of nitrogens with one attached hydrogen (secondary N) is 1. The number of rotatable bonds is 3. The highest BCUT2D eigenvalue weighted by atomic mass is 16.2. The summed E-state index contributed by atoms with van der Waals surface area (Å²) in [5, 5.41) is 2.96. The molecule has 1 heterocycles. The van der Waals surface area contributed by atoms with Gasteiger partial charge in [-0.25, -0.2) is 0 Å². The van der Waals surface area contributed by atoms with Gasteiger partial charge in [-0.15, -0.1) is 0 Å². The van der Waals surface area contributed by atoms with Crippen LogP contribution in [-0.2, 0) is 0 Å². The topological polar surface area (TPSA) is 49.4 Å². The van der Waals surface area contributed by atoms with Crippen molar-refractivity contribution in [1.82, 2.24) is 10.2 Å². The van der Waals surface area contributed by atoms with Gasteiger partial charge in [0, 0.05) is 30.3 Å². The fourth-order valence-electron chi connectivity index (χ4n) is 2.75. The molecule has 1 aliphatic heterocycles. The molecule has 0 atom stereocenters. The highest BCUT2D eigenvalue weighted by Gasteiger charge is 2.24. The van der Waals surface area contributed by atoms with Crippen LogP contribution >= 0.6 is 0 Å². The fourth-order valence-corrected chi connectivity index (χ4v) is 2.75. The van der Waals surface area contributed by atoms with E-state index in [0.717, 1.165) is 38.8 Å². The minimum atomic E-state index is -0.0667. The van der Waals surface area contributed by atoms with Gasteiger partial charge in [-0.1, -0.05) is 18.9 Å². The number of hydrogen-bond acceptors (Lipinski definition) is 2. The summed E-state index contributed by atoms with van der Waals surface area (Å²) in [4.78, 5) is 26.5.